The summed E-state index contributed by atoms with van der Waals surface area (Å²) in [5, 5.41) is 11.1. The molecule has 1 saturated heterocycles. The van der Waals surface area contributed by atoms with E-state index in [0.717, 1.165) is 44.1 Å². The van der Waals surface area contributed by atoms with Crippen molar-refractivity contribution in [1.82, 2.24) is 25.0 Å². The number of carbonyl (C=O) groups excluding carboxylic acids is 1. The third-order valence-corrected chi connectivity index (χ3v) is 3.87. The number of likely N-dealkylation sites (tertiary alicyclic amines) is 1. The third-order valence-electron chi connectivity index (χ3n) is 3.87. The fourth-order valence-electron chi connectivity index (χ4n) is 2.54. The van der Waals surface area contributed by atoms with Crippen LogP contribution < -0.4 is 11.1 Å². The molecule has 0 aliphatic carbocycles. The minimum atomic E-state index is 0.0598. The van der Waals surface area contributed by atoms with Crippen LogP contribution in [0.5, 0.6) is 0 Å². The minimum absolute atomic E-state index is 0.0598. The number of nitrogens with one attached hydrogen (secondary N) is 1. The maximum Gasteiger partial charge on any atom is 0.224 e. The number of nitrogens with two attached hydrogens (primary N) is 1. The van der Waals surface area contributed by atoms with E-state index in [1.54, 1.807) is 0 Å². The molecular formula is C13H24N6O. The Kier molecular flexibility index (Phi) is 5.08. The van der Waals surface area contributed by atoms with Gasteiger partial charge in [0.15, 0.2) is 0 Å². The first-order chi connectivity index (χ1) is 9.61. The Morgan fingerprint density at radius 2 is 2.30 bits per heavy atom. The Labute approximate surface area is 119 Å². The first kappa shape index (κ1) is 14.9. The van der Waals surface area contributed by atoms with Gasteiger partial charge >= 0.3 is 0 Å². The molecule has 0 saturated carbocycles. The number of hydrogen-bond acceptors (Lipinski definition) is 5. The maximum absolute atomic E-state index is 12.0. The zero-order chi connectivity index (χ0) is 14.5. The van der Waals surface area contributed by atoms with Crippen molar-refractivity contribution in [1.29, 1.82) is 0 Å². The average molecular weight is 280 g/mol. The summed E-state index contributed by atoms with van der Waals surface area (Å²) in [5.74, 6) is 2.04. The van der Waals surface area contributed by atoms with Crippen molar-refractivity contribution in [2.75, 3.05) is 26.2 Å². The topological polar surface area (TPSA) is 89.1 Å². The van der Waals surface area contributed by atoms with Crippen molar-refractivity contribution < 1.29 is 4.79 Å². The van der Waals surface area contributed by atoms with E-state index in [-0.39, 0.29) is 11.8 Å². The van der Waals surface area contributed by atoms with Crippen LogP contribution >= 0.6 is 0 Å². The predicted octanol–water partition coefficient (Wildman–Crippen LogP) is -0.590. The largest absolute Gasteiger partial charge is 0.355 e. The fourth-order valence-corrected chi connectivity index (χ4v) is 2.54. The average Bonchev–Trinajstić information content (AvgIpc) is 2.77. The molecule has 1 atom stereocenters. The van der Waals surface area contributed by atoms with Crippen LogP contribution in [0.3, 0.4) is 0 Å². The Bertz CT molecular complexity index is 458. The van der Waals surface area contributed by atoms with Gasteiger partial charge in [-0.25, -0.2) is 0 Å². The second-order valence-corrected chi connectivity index (χ2v) is 5.38. The van der Waals surface area contributed by atoms with Gasteiger partial charge in [0.1, 0.15) is 11.6 Å². The zero-order valence-electron chi connectivity index (χ0n) is 12.3. The van der Waals surface area contributed by atoms with Gasteiger partial charge in [0, 0.05) is 26.7 Å². The number of rotatable bonds is 5. The highest BCUT2D eigenvalue weighted by Crippen LogP contribution is 2.18. The lowest BCUT2D eigenvalue weighted by Crippen LogP contribution is -2.44. The molecule has 7 nitrogen and oxygen atoms in total. The van der Waals surface area contributed by atoms with Crippen LogP contribution in [0, 0.1) is 12.8 Å². The first-order valence-corrected chi connectivity index (χ1v) is 7.16. The van der Waals surface area contributed by atoms with Crippen molar-refractivity contribution in [3.8, 4) is 0 Å². The van der Waals surface area contributed by atoms with Crippen molar-refractivity contribution in [3.05, 3.63) is 11.6 Å². The summed E-state index contributed by atoms with van der Waals surface area (Å²) < 4.78 is 2.00. The molecular weight excluding hydrogens is 256 g/mol. The van der Waals surface area contributed by atoms with Gasteiger partial charge in [0.25, 0.3) is 0 Å². The molecule has 1 aromatic heterocycles. The van der Waals surface area contributed by atoms with Crippen LogP contribution in [0.25, 0.3) is 0 Å². The van der Waals surface area contributed by atoms with E-state index < -0.39 is 0 Å². The molecule has 1 aromatic rings. The summed E-state index contributed by atoms with van der Waals surface area (Å²) in [4.78, 5) is 14.3. The maximum atomic E-state index is 12.0. The Hall–Kier alpha value is -1.47. The molecule has 0 aromatic carbocycles. The molecule has 1 aliphatic rings. The van der Waals surface area contributed by atoms with E-state index >= 15 is 0 Å². The number of carbonyl (C=O) groups is 1. The lowest BCUT2D eigenvalue weighted by Gasteiger charge is -2.31. The summed E-state index contributed by atoms with van der Waals surface area (Å²) in [6, 6.07) is 0. The molecule has 1 unspecified atom stereocenters. The van der Waals surface area contributed by atoms with E-state index in [1.165, 1.54) is 0 Å². The normalized spacial score (nSPS) is 20.1. The lowest BCUT2D eigenvalue weighted by molar-refractivity contribution is -0.126. The Balaban J connectivity index is 1.90. The smallest absolute Gasteiger partial charge is 0.224 e. The molecule has 2 rings (SSSR count). The zero-order valence-corrected chi connectivity index (χ0v) is 12.3. The molecule has 1 fully saturated rings. The van der Waals surface area contributed by atoms with Gasteiger partial charge in [-0.3, -0.25) is 9.69 Å². The number of amides is 1. The highest BCUT2D eigenvalue weighted by Gasteiger charge is 2.26. The molecule has 20 heavy (non-hydrogen) atoms. The number of aryl methyl sites for hydroxylation is 1. The van der Waals surface area contributed by atoms with Gasteiger partial charge in [-0.15, -0.1) is 10.2 Å². The molecule has 0 radical (unpaired) electrons. The fraction of sp³-hybridized carbons (Fsp3) is 0.769. The molecule has 3 N–H and O–H groups in total. The number of piperidine rings is 1. The van der Waals surface area contributed by atoms with Crippen LogP contribution in [-0.2, 0) is 18.4 Å². The van der Waals surface area contributed by atoms with Gasteiger partial charge in [-0.05, 0) is 26.3 Å². The van der Waals surface area contributed by atoms with E-state index in [2.05, 4.69) is 20.4 Å². The third kappa shape index (κ3) is 3.55. The molecule has 1 aliphatic heterocycles. The minimum Gasteiger partial charge on any atom is -0.355 e. The van der Waals surface area contributed by atoms with Crippen LogP contribution in [-0.4, -0.2) is 51.8 Å². The molecule has 0 bridgehead atoms. The van der Waals surface area contributed by atoms with Gasteiger partial charge in [-0.2, -0.15) is 0 Å². The van der Waals surface area contributed by atoms with Crippen LogP contribution in [0.2, 0.25) is 0 Å². The van der Waals surface area contributed by atoms with Crippen LogP contribution in [0.4, 0.5) is 0 Å². The van der Waals surface area contributed by atoms with Gasteiger partial charge in [0.2, 0.25) is 5.91 Å². The van der Waals surface area contributed by atoms with Crippen LogP contribution in [0.1, 0.15) is 24.5 Å². The summed E-state index contributed by atoms with van der Waals surface area (Å²) in [5.41, 5.74) is 5.41. The summed E-state index contributed by atoms with van der Waals surface area (Å²) in [6.07, 6.45) is 1.99. The highest BCUT2D eigenvalue weighted by molar-refractivity contribution is 5.78. The SMILES string of the molecule is Cc1nnc(CN2CCCC(C(=O)NCCN)C2)n1C. The van der Waals surface area contributed by atoms with Gasteiger partial charge in [0.05, 0.1) is 12.5 Å². The second kappa shape index (κ2) is 6.81. The molecule has 7 heteroatoms. The van der Waals surface area contributed by atoms with Crippen LogP contribution in [0.15, 0.2) is 0 Å². The summed E-state index contributed by atoms with van der Waals surface area (Å²) in [7, 11) is 1.97. The van der Waals surface area contributed by atoms with Crippen molar-refractivity contribution >= 4 is 5.91 Å². The summed E-state index contributed by atoms with van der Waals surface area (Å²) >= 11 is 0. The Morgan fingerprint density at radius 1 is 1.50 bits per heavy atom. The van der Waals surface area contributed by atoms with Crippen molar-refractivity contribution in [2.24, 2.45) is 18.7 Å². The van der Waals surface area contributed by atoms with E-state index in [1.807, 2.05) is 18.5 Å². The molecule has 0 spiro atoms. The van der Waals surface area contributed by atoms with Crippen molar-refractivity contribution in [3.63, 3.8) is 0 Å². The lowest BCUT2D eigenvalue weighted by atomic mass is 9.97. The van der Waals surface area contributed by atoms with E-state index in [4.69, 9.17) is 5.73 Å². The van der Waals surface area contributed by atoms with Crippen molar-refractivity contribution in [2.45, 2.75) is 26.3 Å². The molecule has 1 amide bonds. The standard InChI is InChI=1S/C13H24N6O/c1-10-16-17-12(18(10)2)9-19-7-3-4-11(8-19)13(20)15-6-5-14/h11H,3-9,14H2,1-2H3,(H,15,20). The van der Waals surface area contributed by atoms with E-state index in [9.17, 15) is 4.79 Å². The highest BCUT2D eigenvalue weighted by atomic mass is 16.1. The number of nitrogens with zero attached hydrogens (tertiary/aromatic N) is 4. The number of hydrogen-bond donors (Lipinski definition) is 2. The van der Waals surface area contributed by atoms with Gasteiger partial charge in [-0.1, -0.05) is 0 Å². The molecule has 112 valence electrons. The second-order valence-electron chi connectivity index (χ2n) is 5.38. The van der Waals surface area contributed by atoms with E-state index in [0.29, 0.717) is 13.1 Å². The first-order valence-electron chi connectivity index (χ1n) is 7.16. The van der Waals surface area contributed by atoms with Gasteiger partial charge < -0.3 is 15.6 Å². The quantitative estimate of drug-likeness (QED) is 0.752. The number of aromatic nitrogens is 3. The monoisotopic (exact) mass is 280 g/mol. The Morgan fingerprint density at radius 3 is 2.95 bits per heavy atom. The molecule has 2 heterocycles. The predicted molar refractivity (Wildman–Crippen MR) is 75.8 cm³/mol. The summed E-state index contributed by atoms with van der Waals surface area (Å²) in [6.45, 7) is 5.51.